The highest BCUT2D eigenvalue weighted by molar-refractivity contribution is 8.00. The van der Waals surface area contributed by atoms with Gasteiger partial charge in [0, 0.05) is 29.2 Å². The molecule has 1 aliphatic rings. The molecule has 0 saturated carbocycles. The number of thioether (sulfide) groups is 1. The first kappa shape index (κ1) is 12.0. The van der Waals surface area contributed by atoms with Gasteiger partial charge in [0.2, 0.25) is 0 Å². The van der Waals surface area contributed by atoms with E-state index in [9.17, 15) is 0 Å². The number of hydrogen-bond donors (Lipinski definition) is 0. The molecule has 16 heavy (non-hydrogen) atoms. The van der Waals surface area contributed by atoms with Crippen molar-refractivity contribution in [1.29, 1.82) is 0 Å². The Balaban J connectivity index is 2.32. The third-order valence-electron chi connectivity index (χ3n) is 3.15. The number of hydrogen-bond acceptors (Lipinski definition) is 4. The van der Waals surface area contributed by atoms with E-state index in [1.165, 1.54) is 0 Å². The molecule has 2 atom stereocenters. The van der Waals surface area contributed by atoms with Crippen LogP contribution in [0, 0.1) is 6.92 Å². The molecule has 0 amide bonds. The average molecular weight is 258 g/mol. The highest BCUT2D eigenvalue weighted by atomic mass is 35.5. The normalized spacial score (nSPS) is 25.9. The Kier molecular flexibility index (Phi) is 3.60. The molecule has 1 aromatic rings. The van der Waals surface area contributed by atoms with Crippen LogP contribution in [0.15, 0.2) is 6.33 Å². The summed E-state index contributed by atoms with van der Waals surface area (Å²) in [5.74, 6) is 2.13. The second-order valence-electron chi connectivity index (χ2n) is 4.12. The fourth-order valence-corrected chi connectivity index (χ4v) is 3.17. The van der Waals surface area contributed by atoms with E-state index >= 15 is 0 Å². The number of rotatable bonds is 1. The molecule has 1 saturated heterocycles. The average Bonchev–Trinajstić information content (AvgIpc) is 2.27. The minimum Gasteiger partial charge on any atom is -0.352 e. The SMILES string of the molecule is Cc1c(Cl)ncnc1N1CCSC(C)C1C. The molecule has 2 rings (SSSR count). The molecule has 5 heteroatoms. The monoisotopic (exact) mass is 257 g/mol. The molecule has 0 aromatic carbocycles. The molecule has 0 N–H and O–H groups in total. The first-order valence-electron chi connectivity index (χ1n) is 5.46. The smallest absolute Gasteiger partial charge is 0.137 e. The zero-order valence-electron chi connectivity index (χ0n) is 9.77. The molecule has 1 aliphatic heterocycles. The van der Waals surface area contributed by atoms with Crippen molar-refractivity contribution in [3.8, 4) is 0 Å². The molecular weight excluding hydrogens is 242 g/mol. The van der Waals surface area contributed by atoms with Gasteiger partial charge in [0.25, 0.3) is 0 Å². The van der Waals surface area contributed by atoms with Gasteiger partial charge in [-0.05, 0) is 13.8 Å². The van der Waals surface area contributed by atoms with E-state index < -0.39 is 0 Å². The van der Waals surface area contributed by atoms with Gasteiger partial charge in [-0.1, -0.05) is 18.5 Å². The van der Waals surface area contributed by atoms with Crippen LogP contribution in [0.25, 0.3) is 0 Å². The topological polar surface area (TPSA) is 29.0 Å². The number of aromatic nitrogens is 2. The van der Waals surface area contributed by atoms with Gasteiger partial charge in [0.05, 0.1) is 0 Å². The molecule has 0 aliphatic carbocycles. The van der Waals surface area contributed by atoms with Crippen LogP contribution in [-0.4, -0.2) is 33.6 Å². The lowest BCUT2D eigenvalue weighted by Gasteiger charge is -2.38. The van der Waals surface area contributed by atoms with E-state index in [1.54, 1.807) is 6.33 Å². The molecule has 0 radical (unpaired) electrons. The summed E-state index contributed by atoms with van der Waals surface area (Å²) in [7, 11) is 0. The summed E-state index contributed by atoms with van der Waals surface area (Å²) < 4.78 is 0. The Hall–Kier alpha value is -0.480. The van der Waals surface area contributed by atoms with Crippen molar-refractivity contribution in [3.05, 3.63) is 17.0 Å². The summed E-state index contributed by atoms with van der Waals surface area (Å²) >= 11 is 8.05. The zero-order valence-corrected chi connectivity index (χ0v) is 11.3. The highest BCUT2D eigenvalue weighted by Crippen LogP contribution is 2.30. The van der Waals surface area contributed by atoms with Gasteiger partial charge in [0.15, 0.2) is 0 Å². The molecule has 1 fully saturated rings. The summed E-state index contributed by atoms with van der Waals surface area (Å²) in [6.07, 6.45) is 1.55. The molecule has 2 unspecified atom stereocenters. The van der Waals surface area contributed by atoms with Crippen LogP contribution in [0.5, 0.6) is 0 Å². The van der Waals surface area contributed by atoms with Crippen molar-refractivity contribution in [2.45, 2.75) is 32.1 Å². The maximum Gasteiger partial charge on any atom is 0.137 e. The predicted octanol–water partition coefficient (Wildman–Crippen LogP) is 2.77. The Morgan fingerprint density at radius 2 is 2.19 bits per heavy atom. The van der Waals surface area contributed by atoms with E-state index in [0.29, 0.717) is 16.4 Å². The van der Waals surface area contributed by atoms with Gasteiger partial charge in [0.1, 0.15) is 17.3 Å². The number of anilines is 1. The lowest BCUT2D eigenvalue weighted by molar-refractivity contribution is 0.618. The van der Waals surface area contributed by atoms with E-state index in [0.717, 1.165) is 23.7 Å². The Labute approximate surface area is 106 Å². The summed E-state index contributed by atoms with van der Waals surface area (Å²) in [4.78, 5) is 10.7. The van der Waals surface area contributed by atoms with Gasteiger partial charge < -0.3 is 4.90 Å². The molecule has 1 aromatic heterocycles. The van der Waals surface area contributed by atoms with E-state index in [1.807, 2.05) is 18.7 Å². The molecule has 2 heterocycles. The summed E-state index contributed by atoms with van der Waals surface area (Å²) in [6.45, 7) is 7.52. The molecule has 0 spiro atoms. The van der Waals surface area contributed by atoms with Crippen LogP contribution in [0.2, 0.25) is 5.15 Å². The van der Waals surface area contributed by atoms with E-state index in [4.69, 9.17) is 11.6 Å². The minimum atomic E-state index is 0.489. The first-order chi connectivity index (χ1) is 7.61. The van der Waals surface area contributed by atoms with Crippen LogP contribution in [0.4, 0.5) is 5.82 Å². The molecular formula is C11H16ClN3S. The van der Waals surface area contributed by atoms with Crippen molar-refractivity contribution >= 4 is 29.2 Å². The van der Waals surface area contributed by atoms with Crippen LogP contribution in [0.3, 0.4) is 0 Å². The summed E-state index contributed by atoms with van der Waals surface area (Å²) in [6, 6.07) is 0.489. The lowest BCUT2D eigenvalue weighted by atomic mass is 10.2. The van der Waals surface area contributed by atoms with Crippen LogP contribution in [0.1, 0.15) is 19.4 Å². The van der Waals surface area contributed by atoms with Crippen molar-refractivity contribution in [1.82, 2.24) is 9.97 Å². The van der Waals surface area contributed by atoms with Gasteiger partial charge >= 0.3 is 0 Å². The Morgan fingerprint density at radius 1 is 1.44 bits per heavy atom. The van der Waals surface area contributed by atoms with Crippen LogP contribution in [-0.2, 0) is 0 Å². The highest BCUT2D eigenvalue weighted by Gasteiger charge is 2.27. The third-order valence-corrected chi connectivity index (χ3v) is 4.87. The molecule has 0 bridgehead atoms. The van der Waals surface area contributed by atoms with E-state index in [2.05, 4.69) is 28.7 Å². The maximum absolute atomic E-state index is 6.03. The maximum atomic E-state index is 6.03. The quantitative estimate of drug-likeness (QED) is 0.724. The first-order valence-corrected chi connectivity index (χ1v) is 6.89. The molecule has 3 nitrogen and oxygen atoms in total. The second-order valence-corrected chi connectivity index (χ2v) is 5.97. The van der Waals surface area contributed by atoms with Crippen molar-refractivity contribution < 1.29 is 0 Å². The number of nitrogens with zero attached hydrogens (tertiary/aromatic N) is 3. The van der Waals surface area contributed by atoms with Gasteiger partial charge in [-0.2, -0.15) is 11.8 Å². The van der Waals surface area contributed by atoms with Crippen molar-refractivity contribution in [2.24, 2.45) is 0 Å². The zero-order chi connectivity index (χ0) is 11.7. The van der Waals surface area contributed by atoms with Crippen LogP contribution < -0.4 is 4.90 Å². The third kappa shape index (κ3) is 2.13. The predicted molar refractivity (Wildman–Crippen MR) is 70.5 cm³/mol. The largest absolute Gasteiger partial charge is 0.352 e. The standard InChI is InChI=1S/C11H16ClN3S/c1-7-10(12)13-6-14-11(7)15-4-5-16-9(3)8(15)2/h6,8-9H,4-5H2,1-3H3. The Morgan fingerprint density at radius 3 is 2.94 bits per heavy atom. The van der Waals surface area contributed by atoms with Gasteiger partial charge in [-0.3, -0.25) is 0 Å². The van der Waals surface area contributed by atoms with Crippen molar-refractivity contribution in [3.63, 3.8) is 0 Å². The van der Waals surface area contributed by atoms with Gasteiger partial charge in [-0.25, -0.2) is 9.97 Å². The fraction of sp³-hybridized carbons (Fsp3) is 0.636. The van der Waals surface area contributed by atoms with Crippen molar-refractivity contribution in [2.75, 3.05) is 17.2 Å². The summed E-state index contributed by atoms with van der Waals surface area (Å²) in [5, 5.41) is 1.19. The number of halogens is 1. The lowest BCUT2D eigenvalue weighted by Crippen LogP contribution is -2.45. The minimum absolute atomic E-state index is 0.489. The van der Waals surface area contributed by atoms with Gasteiger partial charge in [-0.15, -0.1) is 0 Å². The molecule has 88 valence electrons. The summed E-state index contributed by atoms with van der Waals surface area (Å²) in [5.41, 5.74) is 0.982. The van der Waals surface area contributed by atoms with E-state index in [-0.39, 0.29) is 0 Å². The Bertz CT molecular complexity index is 385. The second kappa shape index (κ2) is 4.80. The fourth-order valence-electron chi connectivity index (χ4n) is 1.94. The van der Waals surface area contributed by atoms with Crippen LogP contribution >= 0.6 is 23.4 Å².